The Morgan fingerprint density at radius 2 is 1.89 bits per heavy atom. The van der Waals surface area contributed by atoms with E-state index < -0.39 is 15.9 Å². The van der Waals surface area contributed by atoms with Gasteiger partial charge in [-0.15, -0.1) is 0 Å². The quantitative estimate of drug-likeness (QED) is 0.473. The minimum Gasteiger partial charge on any atom is -0.506 e. The second kappa shape index (κ2) is 10.8. The molecule has 13 heteroatoms. The molecule has 36 heavy (non-hydrogen) atoms. The topological polar surface area (TPSA) is 144 Å². The Bertz CT molecular complexity index is 1390. The molecule has 0 radical (unpaired) electrons. The van der Waals surface area contributed by atoms with Gasteiger partial charge in [-0.1, -0.05) is 0 Å². The van der Waals surface area contributed by atoms with E-state index in [1.165, 1.54) is 12.1 Å². The second-order valence-corrected chi connectivity index (χ2v) is 12.1. The number of nitrogens with zero attached hydrogens (tertiary/aromatic N) is 4. The summed E-state index contributed by atoms with van der Waals surface area (Å²) in [7, 11) is -4.02. The summed E-state index contributed by atoms with van der Waals surface area (Å²) in [6.07, 6.45) is 5.41. The number of ether oxygens (including phenoxy) is 1. The molecule has 1 aliphatic carbocycles. The summed E-state index contributed by atoms with van der Waals surface area (Å²) in [6.45, 7) is 0. The predicted octanol–water partition coefficient (Wildman–Crippen LogP) is 3.57. The normalized spacial score (nSPS) is 19.3. The first-order chi connectivity index (χ1) is 17.4. The van der Waals surface area contributed by atoms with Crippen LogP contribution in [-0.2, 0) is 10.0 Å². The van der Waals surface area contributed by atoms with Crippen molar-refractivity contribution in [3.63, 3.8) is 0 Å². The van der Waals surface area contributed by atoms with Crippen LogP contribution < -0.4 is 9.46 Å². The van der Waals surface area contributed by atoms with Gasteiger partial charge in [0.15, 0.2) is 4.90 Å². The number of hydrogen-bond donors (Lipinski definition) is 2. The lowest BCUT2D eigenvalue weighted by Gasteiger charge is -2.24. The summed E-state index contributed by atoms with van der Waals surface area (Å²) in [5.41, 5.74) is 1.62. The van der Waals surface area contributed by atoms with Crippen LogP contribution in [0.15, 0.2) is 40.4 Å². The van der Waals surface area contributed by atoms with Gasteiger partial charge in [0.2, 0.25) is 15.9 Å². The number of fused-ring (bicyclic) bond motifs is 1. The molecule has 3 heterocycles. The SMILES string of the molecule is O=C(N=C1CCC(NS(=O)(=O)c2c(O)ccc3nsnc23)CC1)c1cccnc1OC1CCSCC1. The van der Waals surface area contributed by atoms with Crippen LogP contribution in [-0.4, -0.2) is 62.5 Å². The lowest BCUT2D eigenvalue weighted by molar-refractivity contribution is 0.0992. The molecule has 0 spiro atoms. The second-order valence-electron chi connectivity index (χ2n) is 8.71. The molecular weight excluding hydrogens is 522 g/mol. The van der Waals surface area contributed by atoms with Gasteiger partial charge in [0.05, 0.1) is 11.7 Å². The summed E-state index contributed by atoms with van der Waals surface area (Å²) in [5.74, 6) is 1.61. The summed E-state index contributed by atoms with van der Waals surface area (Å²) in [5, 5.41) is 10.2. The van der Waals surface area contributed by atoms with E-state index in [0.717, 1.165) is 36.1 Å². The number of aromatic nitrogens is 3. The first-order valence-corrected chi connectivity index (χ1v) is 15.0. The highest BCUT2D eigenvalue weighted by molar-refractivity contribution is 7.99. The van der Waals surface area contributed by atoms with Crippen molar-refractivity contribution in [1.82, 2.24) is 18.5 Å². The van der Waals surface area contributed by atoms with Crippen molar-refractivity contribution in [2.45, 2.75) is 55.6 Å². The van der Waals surface area contributed by atoms with Crippen LogP contribution in [0.2, 0.25) is 0 Å². The van der Waals surface area contributed by atoms with Gasteiger partial charge in [0.25, 0.3) is 5.91 Å². The third kappa shape index (κ3) is 5.53. The number of phenols is 1. The molecule has 3 aromatic rings. The lowest BCUT2D eigenvalue weighted by atomic mass is 9.94. The molecule has 1 saturated heterocycles. The molecule has 190 valence electrons. The number of aliphatic imine (C=N–C) groups is 1. The standard InChI is InChI=1S/C23H25N5O5S3/c29-19-8-7-18-20(27-35-26-18)21(19)36(31,32)28-15-5-3-14(4-6-15)25-22(30)17-2-1-11-24-23(17)33-16-9-12-34-13-10-16/h1-2,7-8,11,15-16,28-29H,3-6,9-10,12-13H2. The molecule has 1 aromatic carbocycles. The van der Waals surface area contributed by atoms with Crippen LogP contribution in [0.5, 0.6) is 11.6 Å². The third-order valence-corrected chi connectivity index (χ3v) is 9.40. The van der Waals surface area contributed by atoms with Gasteiger partial charge in [-0.3, -0.25) is 4.79 Å². The van der Waals surface area contributed by atoms with Crippen molar-refractivity contribution < 1.29 is 23.1 Å². The number of pyridine rings is 1. The van der Waals surface area contributed by atoms with Gasteiger partial charge in [-0.2, -0.15) is 20.5 Å². The minimum atomic E-state index is -4.02. The molecular formula is C23H25N5O5S3. The Labute approximate surface area is 217 Å². The summed E-state index contributed by atoms with van der Waals surface area (Å²) in [4.78, 5) is 21.3. The Kier molecular flexibility index (Phi) is 7.51. The number of nitrogens with one attached hydrogen (secondary N) is 1. The lowest BCUT2D eigenvalue weighted by Crippen LogP contribution is -2.38. The van der Waals surface area contributed by atoms with Crippen molar-refractivity contribution in [1.29, 1.82) is 0 Å². The van der Waals surface area contributed by atoms with Crippen molar-refractivity contribution >= 4 is 56.2 Å². The van der Waals surface area contributed by atoms with Crippen LogP contribution in [0, 0.1) is 0 Å². The van der Waals surface area contributed by atoms with E-state index in [9.17, 15) is 18.3 Å². The first kappa shape index (κ1) is 25.1. The molecule has 0 bridgehead atoms. The van der Waals surface area contributed by atoms with Gasteiger partial charge >= 0.3 is 0 Å². The first-order valence-electron chi connectivity index (χ1n) is 11.7. The molecule has 0 unspecified atom stereocenters. The minimum absolute atomic E-state index is 0.0502. The summed E-state index contributed by atoms with van der Waals surface area (Å²) >= 11 is 2.78. The van der Waals surface area contributed by atoms with Crippen LogP contribution in [0.4, 0.5) is 0 Å². The summed E-state index contributed by atoms with van der Waals surface area (Å²) < 4.78 is 42.9. The van der Waals surface area contributed by atoms with Crippen molar-refractivity contribution in [2.24, 2.45) is 4.99 Å². The monoisotopic (exact) mass is 547 g/mol. The smallest absolute Gasteiger partial charge is 0.282 e. The highest BCUT2D eigenvalue weighted by Gasteiger charge is 2.29. The number of phenolic OH excluding ortho intramolecular Hbond substituents is 1. The highest BCUT2D eigenvalue weighted by atomic mass is 32.2. The van der Waals surface area contributed by atoms with Crippen LogP contribution in [0.25, 0.3) is 11.0 Å². The zero-order valence-corrected chi connectivity index (χ0v) is 21.7. The van der Waals surface area contributed by atoms with E-state index in [-0.39, 0.29) is 28.3 Å². The number of carbonyl (C=O) groups excluding carboxylic acids is 1. The van der Waals surface area contributed by atoms with Crippen LogP contribution in [0.3, 0.4) is 0 Å². The van der Waals surface area contributed by atoms with Gasteiger partial charge < -0.3 is 9.84 Å². The van der Waals surface area contributed by atoms with Crippen molar-refractivity contribution in [3.05, 3.63) is 36.0 Å². The predicted molar refractivity (Wildman–Crippen MR) is 139 cm³/mol. The van der Waals surface area contributed by atoms with Gasteiger partial charge in [0.1, 0.15) is 28.5 Å². The van der Waals surface area contributed by atoms with Crippen molar-refractivity contribution in [2.75, 3.05) is 11.5 Å². The Hall–Kier alpha value is -2.61. The number of hydrogen-bond acceptors (Lipinski definition) is 10. The maximum absolute atomic E-state index is 13.0. The number of benzene rings is 1. The molecule has 10 nitrogen and oxygen atoms in total. The van der Waals surface area contributed by atoms with E-state index in [2.05, 4.69) is 23.4 Å². The fourth-order valence-corrected chi connectivity index (χ4v) is 7.55. The fourth-order valence-electron chi connectivity index (χ4n) is 4.34. The molecule has 5 rings (SSSR count). The molecule has 0 atom stereocenters. The molecule has 1 amide bonds. The number of aromatic hydroxyl groups is 1. The molecule has 2 fully saturated rings. The Balaban J connectivity index is 1.24. The summed E-state index contributed by atoms with van der Waals surface area (Å²) in [6, 6.07) is 5.84. The number of rotatable bonds is 6. The van der Waals surface area contributed by atoms with Gasteiger partial charge in [-0.25, -0.2) is 23.1 Å². The maximum atomic E-state index is 13.0. The van der Waals surface area contributed by atoms with Gasteiger partial charge in [0, 0.05) is 18.0 Å². The van der Waals surface area contributed by atoms with E-state index in [0.29, 0.717) is 48.4 Å². The number of sulfonamides is 1. The molecule has 2 aliphatic rings. The zero-order chi connectivity index (χ0) is 25.1. The third-order valence-electron chi connectivity index (χ3n) is 6.22. The molecule has 1 saturated carbocycles. The molecule has 2 aromatic heterocycles. The van der Waals surface area contributed by atoms with E-state index in [4.69, 9.17) is 4.74 Å². The number of thioether (sulfide) groups is 1. The van der Waals surface area contributed by atoms with E-state index in [1.807, 2.05) is 11.8 Å². The largest absolute Gasteiger partial charge is 0.506 e. The van der Waals surface area contributed by atoms with Crippen LogP contribution in [0.1, 0.15) is 48.9 Å². The van der Waals surface area contributed by atoms with Crippen molar-refractivity contribution in [3.8, 4) is 11.6 Å². The van der Waals surface area contributed by atoms with E-state index in [1.54, 1.807) is 18.3 Å². The Morgan fingerprint density at radius 3 is 2.67 bits per heavy atom. The van der Waals surface area contributed by atoms with E-state index >= 15 is 0 Å². The molecule has 1 aliphatic heterocycles. The maximum Gasteiger partial charge on any atom is 0.282 e. The molecule has 2 N–H and O–H groups in total. The average molecular weight is 548 g/mol. The number of carbonyl (C=O) groups is 1. The van der Waals surface area contributed by atoms with Crippen LogP contribution >= 0.6 is 23.5 Å². The fraction of sp³-hybridized carbons (Fsp3) is 0.435. The highest BCUT2D eigenvalue weighted by Crippen LogP contribution is 2.31. The van der Waals surface area contributed by atoms with Gasteiger partial charge in [-0.05, 0) is 74.3 Å². The average Bonchev–Trinajstić information content (AvgIpc) is 3.34. The Morgan fingerprint density at radius 1 is 1.11 bits per heavy atom. The number of amides is 1. The zero-order valence-electron chi connectivity index (χ0n) is 19.3.